The summed E-state index contributed by atoms with van der Waals surface area (Å²) in [5, 5.41) is -5.57. The summed E-state index contributed by atoms with van der Waals surface area (Å²) in [4.78, 5) is 24.5. The Morgan fingerprint density at radius 2 is 1.41 bits per heavy atom. The van der Waals surface area contributed by atoms with E-state index in [1.807, 2.05) is 0 Å². The smallest absolute Gasteiger partial charge is 0.466 e. The lowest BCUT2D eigenvalue weighted by atomic mass is 10.2. The van der Waals surface area contributed by atoms with E-state index in [1.165, 1.54) is 13.8 Å². The molecule has 0 N–H and O–H groups in total. The highest BCUT2D eigenvalue weighted by Crippen LogP contribution is 2.40. The second-order valence-corrected chi connectivity index (χ2v) is 7.66. The predicted molar refractivity (Wildman–Crippen MR) is 87.8 cm³/mol. The van der Waals surface area contributed by atoms with E-state index in [4.69, 9.17) is 0 Å². The summed E-state index contributed by atoms with van der Waals surface area (Å²) < 4.78 is 145. The van der Waals surface area contributed by atoms with E-state index in [9.17, 15) is 57.7 Å². The Balaban J connectivity index is 6.65. The summed E-state index contributed by atoms with van der Waals surface area (Å²) in [6, 6.07) is 0. The Hall–Kier alpha value is -2.01. The van der Waals surface area contributed by atoms with Crippen LogP contribution in [0, 0.1) is 0 Å². The van der Waals surface area contributed by atoms with Gasteiger partial charge in [-0.05, 0) is 12.8 Å². The van der Waals surface area contributed by atoms with Gasteiger partial charge in [0, 0.05) is 13.1 Å². The highest BCUT2D eigenvalue weighted by atomic mass is 32.2. The summed E-state index contributed by atoms with van der Waals surface area (Å²) in [6.45, 7) is 0.907. The molecule has 0 saturated heterocycles. The third kappa shape index (κ3) is 6.99. The fourth-order valence-electron chi connectivity index (χ4n) is 2.02. The second-order valence-electron chi connectivity index (χ2n) is 6.15. The molecule has 17 heteroatoms. The van der Waals surface area contributed by atoms with Crippen LogP contribution in [0.15, 0.2) is 12.2 Å². The van der Waals surface area contributed by atoms with Gasteiger partial charge in [0.2, 0.25) is 0 Å². The first-order valence-electron chi connectivity index (χ1n) is 8.50. The Morgan fingerprint density at radius 1 is 0.969 bits per heavy atom. The molecule has 0 bridgehead atoms. The normalized spacial score (nSPS) is 15.1. The minimum atomic E-state index is -6.64. The molecule has 0 aromatic carbocycles. The third-order valence-corrected chi connectivity index (χ3v) is 4.41. The lowest BCUT2D eigenvalue weighted by molar-refractivity contribution is -0.356. The van der Waals surface area contributed by atoms with Gasteiger partial charge in [-0.3, -0.25) is 4.79 Å². The van der Waals surface area contributed by atoms with E-state index in [0.29, 0.717) is 4.90 Å². The van der Waals surface area contributed by atoms with Gasteiger partial charge in [0.15, 0.2) is 10.1 Å². The molecule has 0 spiro atoms. The van der Waals surface area contributed by atoms with Crippen LogP contribution in [0.25, 0.3) is 0 Å². The fraction of sp³-hybridized carbons (Fsp3) is 0.733. The van der Waals surface area contributed by atoms with Crippen molar-refractivity contribution in [3.05, 3.63) is 12.2 Å². The maximum Gasteiger partial charge on any atom is 0.466 e. The number of carbonyl (C=O) groups excluding carboxylic acids is 2. The van der Waals surface area contributed by atoms with Crippen LogP contribution in [0.1, 0.15) is 26.7 Å². The van der Waals surface area contributed by atoms with Crippen molar-refractivity contribution in [3.8, 4) is 0 Å². The van der Waals surface area contributed by atoms with Crippen LogP contribution in [0.4, 0.5) is 35.1 Å². The molecule has 8 nitrogen and oxygen atoms in total. The number of hydrogen-bond acceptors (Lipinski definition) is 7. The number of nitrogens with zero attached hydrogens (tertiary/aromatic N) is 1. The summed E-state index contributed by atoms with van der Waals surface area (Å²) in [5.41, 5.74) is -2.55. The first-order valence-corrected chi connectivity index (χ1v) is 9.91. The Morgan fingerprint density at radius 3 is 1.72 bits per heavy atom. The first-order chi connectivity index (χ1) is 14.2. The number of esters is 1. The molecule has 0 aromatic heterocycles. The SMILES string of the molecule is C=C(C(=O)OC(OCC(F)(F)S(=O)(=O)[O-])(C(=O)N(CCC)CCC)C(F)(F)F)C(F)(F)F. The van der Waals surface area contributed by atoms with E-state index in [0.717, 1.165) is 0 Å². The monoisotopic (exact) mass is 508 g/mol. The molecule has 32 heavy (non-hydrogen) atoms. The van der Waals surface area contributed by atoms with Crippen LogP contribution in [0.5, 0.6) is 0 Å². The molecular weight excluding hydrogens is 490 g/mol. The van der Waals surface area contributed by atoms with E-state index in [-0.39, 0.29) is 12.8 Å². The first kappa shape index (κ1) is 30.0. The molecule has 0 aliphatic heterocycles. The van der Waals surface area contributed by atoms with Gasteiger partial charge in [0.1, 0.15) is 12.2 Å². The number of rotatable bonds is 11. The van der Waals surface area contributed by atoms with Crippen molar-refractivity contribution in [2.75, 3.05) is 19.7 Å². The predicted octanol–water partition coefficient (Wildman–Crippen LogP) is 2.71. The van der Waals surface area contributed by atoms with Crippen molar-refractivity contribution in [2.24, 2.45) is 0 Å². The Bertz CT molecular complexity index is 804. The van der Waals surface area contributed by atoms with Crippen molar-refractivity contribution in [3.63, 3.8) is 0 Å². The van der Waals surface area contributed by atoms with Crippen LogP contribution in [0.2, 0.25) is 0 Å². The van der Waals surface area contributed by atoms with Gasteiger partial charge in [0.25, 0.3) is 0 Å². The second kappa shape index (κ2) is 10.3. The van der Waals surface area contributed by atoms with Crippen LogP contribution >= 0.6 is 0 Å². The van der Waals surface area contributed by atoms with Crippen molar-refractivity contribution in [1.82, 2.24) is 4.90 Å². The van der Waals surface area contributed by atoms with Gasteiger partial charge < -0.3 is 18.9 Å². The fourth-order valence-corrected chi connectivity index (χ4v) is 2.23. The number of carbonyl (C=O) groups is 2. The Kier molecular flexibility index (Phi) is 9.64. The topological polar surface area (TPSA) is 113 Å². The molecule has 1 amide bonds. The zero-order valence-electron chi connectivity index (χ0n) is 16.5. The van der Waals surface area contributed by atoms with E-state index in [1.54, 1.807) is 0 Å². The van der Waals surface area contributed by atoms with E-state index < -0.39 is 70.7 Å². The maximum atomic E-state index is 13.8. The van der Waals surface area contributed by atoms with Gasteiger partial charge in [-0.15, -0.1) is 0 Å². The number of alkyl halides is 8. The average molecular weight is 508 g/mol. The average Bonchev–Trinajstić information content (AvgIpc) is 2.60. The summed E-state index contributed by atoms with van der Waals surface area (Å²) in [6.07, 6.45) is -12.0. The van der Waals surface area contributed by atoms with Crippen molar-refractivity contribution in [1.29, 1.82) is 0 Å². The molecule has 0 aliphatic carbocycles. The molecule has 1 unspecified atom stereocenters. The minimum absolute atomic E-state index is 0.0337. The Labute approximate surface area is 176 Å². The van der Waals surface area contributed by atoms with Crippen molar-refractivity contribution < 1.29 is 67.2 Å². The molecular formula is C15H18F8NO7S-. The quantitative estimate of drug-likeness (QED) is 0.139. The standard InChI is InChI=1S/C15H19F8NO7S/c1-4-6-24(7-5-2)11(26)13(15(21,22)23,30-8-12(16,17)32(27,28)29)31-10(25)9(3)14(18,19)20/h3-8H2,1-2H3,(H,27,28,29)/p-1. The van der Waals surface area contributed by atoms with Gasteiger partial charge >= 0.3 is 35.3 Å². The number of hydrogen-bond donors (Lipinski definition) is 0. The highest BCUT2D eigenvalue weighted by molar-refractivity contribution is 7.86. The van der Waals surface area contributed by atoms with Crippen LogP contribution < -0.4 is 0 Å². The summed E-state index contributed by atoms with van der Waals surface area (Å²) in [7, 11) is -6.64. The third-order valence-electron chi connectivity index (χ3n) is 3.56. The lowest BCUT2D eigenvalue weighted by Crippen LogP contribution is -2.63. The number of amides is 1. The molecule has 0 aliphatic rings. The zero-order chi connectivity index (χ0) is 25.8. The lowest BCUT2D eigenvalue weighted by Gasteiger charge is -2.38. The molecule has 0 heterocycles. The number of ether oxygens (including phenoxy) is 2. The minimum Gasteiger partial charge on any atom is -0.743 e. The number of halogens is 8. The molecule has 188 valence electrons. The molecule has 0 aromatic rings. The maximum absolute atomic E-state index is 13.8. The van der Waals surface area contributed by atoms with Gasteiger partial charge in [0.05, 0.1) is 0 Å². The molecule has 0 rings (SSSR count). The van der Waals surface area contributed by atoms with Crippen molar-refractivity contribution in [2.45, 2.75) is 50.1 Å². The van der Waals surface area contributed by atoms with Crippen LogP contribution in [-0.4, -0.2) is 72.8 Å². The van der Waals surface area contributed by atoms with Crippen molar-refractivity contribution >= 4 is 22.0 Å². The van der Waals surface area contributed by atoms with E-state index in [2.05, 4.69) is 16.1 Å². The molecule has 0 saturated carbocycles. The zero-order valence-corrected chi connectivity index (χ0v) is 17.3. The van der Waals surface area contributed by atoms with Gasteiger partial charge in [-0.1, -0.05) is 20.4 Å². The van der Waals surface area contributed by atoms with Gasteiger partial charge in [-0.25, -0.2) is 13.2 Å². The summed E-state index contributed by atoms with van der Waals surface area (Å²) >= 11 is 0. The molecule has 1 atom stereocenters. The molecule has 0 fully saturated rings. The van der Waals surface area contributed by atoms with E-state index >= 15 is 0 Å². The van der Waals surface area contributed by atoms with Gasteiger partial charge in [-0.2, -0.15) is 35.1 Å². The largest absolute Gasteiger partial charge is 0.743 e. The molecule has 0 radical (unpaired) electrons. The summed E-state index contributed by atoms with van der Waals surface area (Å²) in [5.74, 6) is -10.5. The van der Waals surface area contributed by atoms with Crippen LogP contribution in [-0.2, 0) is 29.2 Å². The highest BCUT2D eigenvalue weighted by Gasteiger charge is 2.69. The van der Waals surface area contributed by atoms with Crippen LogP contribution in [0.3, 0.4) is 0 Å².